The van der Waals surface area contributed by atoms with Crippen LogP contribution in [0.1, 0.15) is 0 Å². The third-order valence-electron chi connectivity index (χ3n) is 0.784. The van der Waals surface area contributed by atoms with Crippen LogP contribution in [0.25, 0.3) is 0 Å². The lowest BCUT2D eigenvalue weighted by Gasteiger charge is -2.05. The Balaban J connectivity index is 2.69. The van der Waals surface area contributed by atoms with Crippen molar-refractivity contribution in [3.05, 3.63) is 11.2 Å². The topological polar surface area (TPSA) is 50.4 Å². The maximum Gasteiger partial charge on any atom is 0.123 e. The number of nitrogens with zero attached hydrogens (tertiary/aromatic N) is 1. The number of nitrogens with one attached hydrogen (secondary N) is 1. The molecule has 0 aromatic heterocycles. The predicted octanol–water partition coefficient (Wildman–Crippen LogP) is -0.0155. The molecule has 0 aromatic rings. The van der Waals surface area contributed by atoms with E-state index in [1.54, 1.807) is 6.08 Å². The first kappa shape index (κ1) is 5.44. The predicted molar refractivity (Wildman–Crippen MR) is 33.6 cm³/mol. The largest absolute Gasteiger partial charge is 0.384 e. The fourth-order valence-corrected chi connectivity index (χ4v) is 0.604. The third-order valence-corrected chi connectivity index (χ3v) is 1.03. The van der Waals surface area contributed by atoms with Gasteiger partial charge in [0.05, 0.1) is 0 Å². The Morgan fingerprint density at radius 3 is 3.00 bits per heavy atom. The highest BCUT2D eigenvalue weighted by Crippen LogP contribution is 1.97. The molecule has 0 aromatic carbocycles. The molecule has 0 bridgehead atoms. The van der Waals surface area contributed by atoms with Gasteiger partial charge in [-0.2, -0.15) is 0 Å². The average molecular weight is 132 g/mol. The van der Waals surface area contributed by atoms with Gasteiger partial charge < -0.3 is 11.1 Å². The van der Waals surface area contributed by atoms with Crippen molar-refractivity contribution in [1.29, 1.82) is 0 Å². The summed E-state index contributed by atoms with van der Waals surface area (Å²) in [5, 5.41) is 3.32. The molecule has 1 rings (SSSR count). The molecule has 0 unspecified atom stereocenters. The van der Waals surface area contributed by atoms with Crippen LogP contribution in [-0.2, 0) is 0 Å². The minimum Gasteiger partial charge on any atom is -0.384 e. The molecule has 1 aliphatic rings. The first-order valence-electron chi connectivity index (χ1n) is 2.20. The Morgan fingerprint density at radius 2 is 2.62 bits per heavy atom. The molecule has 1 heterocycles. The van der Waals surface area contributed by atoms with Crippen molar-refractivity contribution in [1.82, 2.24) is 5.32 Å². The molecule has 1 aliphatic heterocycles. The maximum atomic E-state index is 5.50. The summed E-state index contributed by atoms with van der Waals surface area (Å²) >= 11 is 5.50. The Labute approximate surface area is 52.2 Å². The normalized spacial score (nSPS) is 18.6. The Kier molecular flexibility index (Phi) is 1.39. The highest BCUT2D eigenvalue weighted by atomic mass is 35.5. The average Bonchev–Trinajstić information content (AvgIpc) is 1.64. The first-order chi connectivity index (χ1) is 3.79. The summed E-state index contributed by atoms with van der Waals surface area (Å²) in [7, 11) is 0. The van der Waals surface area contributed by atoms with Crippen LogP contribution < -0.4 is 11.1 Å². The smallest absolute Gasteiger partial charge is 0.123 e. The van der Waals surface area contributed by atoms with Gasteiger partial charge in [0.25, 0.3) is 0 Å². The van der Waals surface area contributed by atoms with Crippen molar-refractivity contribution < 1.29 is 0 Å². The number of aliphatic imine (C=N–C) groups is 1. The summed E-state index contributed by atoms with van der Waals surface area (Å²) in [4.78, 5) is 3.80. The second-order valence-electron chi connectivity index (χ2n) is 1.41. The van der Waals surface area contributed by atoms with Crippen LogP contribution in [0.4, 0.5) is 0 Å². The fraction of sp³-hybridized carbons (Fsp3) is 0.250. The van der Waals surface area contributed by atoms with Crippen molar-refractivity contribution in [2.45, 2.75) is 0 Å². The molecular formula is C4H6ClN3. The molecule has 0 saturated heterocycles. The number of hydrogen-bond donors (Lipinski definition) is 2. The van der Waals surface area contributed by atoms with Gasteiger partial charge in [-0.05, 0) is 0 Å². The van der Waals surface area contributed by atoms with E-state index < -0.39 is 0 Å². The molecule has 8 heavy (non-hydrogen) atoms. The van der Waals surface area contributed by atoms with Crippen molar-refractivity contribution >= 4 is 17.4 Å². The van der Waals surface area contributed by atoms with Gasteiger partial charge in [0.1, 0.15) is 17.7 Å². The van der Waals surface area contributed by atoms with Crippen molar-refractivity contribution in [3.8, 4) is 0 Å². The lowest BCUT2D eigenvalue weighted by molar-refractivity contribution is 0.855. The van der Waals surface area contributed by atoms with Crippen LogP contribution in [0.3, 0.4) is 0 Å². The standard InChI is InChI=1S/C4H6ClN3/c5-3-1-4(6)8-2-7-3/h1,7H,2H2,(H2,6,8). The molecule has 4 heteroatoms. The van der Waals surface area contributed by atoms with Gasteiger partial charge in [0.15, 0.2) is 0 Å². The second kappa shape index (κ2) is 2.05. The molecule has 0 radical (unpaired) electrons. The van der Waals surface area contributed by atoms with E-state index >= 15 is 0 Å². The minimum atomic E-state index is 0.480. The van der Waals surface area contributed by atoms with Crippen LogP contribution >= 0.6 is 11.6 Å². The Hall–Kier alpha value is -0.700. The molecule has 0 spiro atoms. The van der Waals surface area contributed by atoms with Gasteiger partial charge in [0, 0.05) is 6.08 Å². The fourth-order valence-electron chi connectivity index (χ4n) is 0.433. The van der Waals surface area contributed by atoms with Crippen molar-refractivity contribution in [2.75, 3.05) is 6.67 Å². The van der Waals surface area contributed by atoms with E-state index in [9.17, 15) is 0 Å². The summed E-state index contributed by atoms with van der Waals surface area (Å²) in [6.07, 6.45) is 1.57. The molecular weight excluding hydrogens is 126 g/mol. The molecule has 0 aliphatic carbocycles. The van der Waals surface area contributed by atoms with Crippen LogP contribution in [-0.4, -0.2) is 12.5 Å². The zero-order valence-electron chi connectivity index (χ0n) is 4.19. The molecule has 3 nitrogen and oxygen atoms in total. The number of halogens is 1. The summed E-state index contributed by atoms with van der Waals surface area (Å²) in [6, 6.07) is 0. The Bertz CT molecular complexity index is 149. The molecule has 3 N–H and O–H groups in total. The van der Waals surface area contributed by atoms with E-state index in [-0.39, 0.29) is 0 Å². The zero-order valence-corrected chi connectivity index (χ0v) is 4.94. The highest BCUT2D eigenvalue weighted by molar-refractivity contribution is 6.30. The van der Waals surface area contributed by atoms with E-state index in [0.717, 1.165) is 0 Å². The molecule has 0 amide bonds. The van der Waals surface area contributed by atoms with Crippen LogP contribution in [0.15, 0.2) is 16.2 Å². The number of nitrogens with two attached hydrogens (primary N) is 1. The van der Waals surface area contributed by atoms with E-state index in [1.807, 2.05) is 0 Å². The molecule has 0 atom stereocenters. The summed E-state index contributed by atoms with van der Waals surface area (Å²) in [5.41, 5.74) is 5.27. The number of amidine groups is 1. The third kappa shape index (κ3) is 1.13. The zero-order chi connectivity index (χ0) is 5.98. The summed E-state index contributed by atoms with van der Waals surface area (Å²) < 4.78 is 0. The van der Waals surface area contributed by atoms with E-state index in [1.165, 1.54) is 0 Å². The summed E-state index contributed by atoms with van der Waals surface area (Å²) in [6.45, 7) is 0.487. The lowest BCUT2D eigenvalue weighted by Crippen LogP contribution is -2.22. The van der Waals surface area contributed by atoms with Gasteiger partial charge in [-0.25, -0.2) is 4.99 Å². The van der Waals surface area contributed by atoms with E-state index in [4.69, 9.17) is 17.3 Å². The SMILES string of the molecule is NC1=NCNC(Cl)=C1. The summed E-state index contributed by atoms with van der Waals surface area (Å²) in [5.74, 6) is 0.480. The maximum absolute atomic E-state index is 5.50. The highest BCUT2D eigenvalue weighted by Gasteiger charge is 1.96. The van der Waals surface area contributed by atoms with Gasteiger partial charge >= 0.3 is 0 Å². The monoisotopic (exact) mass is 131 g/mol. The number of hydrogen-bond acceptors (Lipinski definition) is 3. The lowest BCUT2D eigenvalue weighted by atomic mass is 10.5. The van der Waals surface area contributed by atoms with Crippen LogP contribution in [0.5, 0.6) is 0 Å². The van der Waals surface area contributed by atoms with E-state index in [0.29, 0.717) is 17.7 Å². The molecule has 0 saturated carbocycles. The minimum absolute atomic E-state index is 0.480. The molecule has 0 fully saturated rings. The molecule has 44 valence electrons. The van der Waals surface area contributed by atoms with Crippen LogP contribution in [0.2, 0.25) is 0 Å². The van der Waals surface area contributed by atoms with Crippen molar-refractivity contribution in [2.24, 2.45) is 10.7 Å². The van der Waals surface area contributed by atoms with Gasteiger partial charge in [-0.3, -0.25) is 0 Å². The van der Waals surface area contributed by atoms with Crippen molar-refractivity contribution in [3.63, 3.8) is 0 Å². The number of rotatable bonds is 0. The second-order valence-corrected chi connectivity index (χ2v) is 1.82. The van der Waals surface area contributed by atoms with Gasteiger partial charge in [0.2, 0.25) is 0 Å². The van der Waals surface area contributed by atoms with Gasteiger partial charge in [-0.1, -0.05) is 11.6 Å². The Morgan fingerprint density at radius 1 is 1.88 bits per heavy atom. The first-order valence-corrected chi connectivity index (χ1v) is 2.58. The van der Waals surface area contributed by atoms with E-state index in [2.05, 4.69) is 10.3 Å². The quantitative estimate of drug-likeness (QED) is 0.454. The van der Waals surface area contributed by atoms with Gasteiger partial charge in [-0.15, -0.1) is 0 Å². The van der Waals surface area contributed by atoms with Crippen LogP contribution in [0, 0.1) is 0 Å².